The monoisotopic (exact) mass is 329 g/mol. The maximum absolute atomic E-state index is 9.30. The molecule has 1 aliphatic heterocycles. The summed E-state index contributed by atoms with van der Waals surface area (Å²) in [6.45, 7) is 3.93. The largest absolute Gasteiger partial charge is 0.497 e. The number of methoxy groups -OCH3 is 1. The van der Waals surface area contributed by atoms with E-state index in [1.54, 1.807) is 7.11 Å². The third-order valence-electron chi connectivity index (χ3n) is 4.09. The zero-order valence-electron chi connectivity index (χ0n) is 13.9. The Hall–Kier alpha value is -2.72. The summed E-state index contributed by atoms with van der Waals surface area (Å²) in [5.74, 6) is 2.42. The fraction of sp³-hybridized carbons (Fsp3) is 0.412. The van der Waals surface area contributed by atoms with E-state index in [2.05, 4.69) is 23.0 Å². The predicted molar refractivity (Wildman–Crippen MR) is 87.4 cm³/mol. The van der Waals surface area contributed by atoms with Crippen molar-refractivity contribution in [1.82, 2.24) is 4.98 Å². The van der Waals surface area contributed by atoms with E-state index in [1.807, 2.05) is 24.3 Å². The summed E-state index contributed by atoms with van der Waals surface area (Å²) in [4.78, 5) is 7.80. The van der Waals surface area contributed by atoms with Gasteiger partial charge in [-0.05, 0) is 24.3 Å². The molecule has 1 fully saturated rings. The molecular weight excluding hydrogens is 308 g/mol. The van der Waals surface area contributed by atoms with Gasteiger partial charge in [0, 0.05) is 0 Å². The van der Waals surface area contributed by atoms with E-state index >= 15 is 0 Å². The fourth-order valence-corrected chi connectivity index (χ4v) is 2.61. The van der Waals surface area contributed by atoms with Crippen molar-refractivity contribution < 1.29 is 18.8 Å². The number of hydrogen-bond acceptors (Lipinski definition) is 6. The molecule has 2 heterocycles. The molecule has 1 aromatic carbocycles. The van der Waals surface area contributed by atoms with Crippen LogP contribution in [0.2, 0.25) is 0 Å². The Bertz CT molecular complexity index is 712. The van der Waals surface area contributed by atoms with Gasteiger partial charge in [0.2, 0.25) is 17.5 Å². The highest BCUT2D eigenvalue weighted by Gasteiger charge is 2.24. The summed E-state index contributed by atoms with van der Waals surface area (Å²) in [7, 11) is 3.78. The molecule has 2 aromatic rings. The Morgan fingerprint density at radius 3 is 2.54 bits per heavy atom. The van der Waals surface area contributed by atoms with Crippen molar-refractivity contribution in [3.05, 3.63) is 35.9 Å². The van der Waals surface area contributed by atoms with Gasteiger partial charge in [-0.15, -0.1) is 0 Å². The van der Waals surface area contributed by atoms with E-state index in [4.69, 9.17) is 13.9 Å². The van der Waals surface area contributed by atoms with Crippen molar-refractivity contribution in [3.63, 3.8) is 0 Å². The minimum absolute atomic E-state index is 0.181. The van der Waals surface area contributed by atoms with Crippen LogP contribution in [0, 0.1) is 11.3 Å². The topological polar surface area (TPSA) is 76.0 Å². The van der Waals surface area contributed by atoms with Gasteiger partial charge in [-0.1, -0.05) is 0 Å². The lowest BCUT2D eigenvalue weighted by Crippen LogP contribution is -3.12. The molecular formula is C17H21N4O3+. The second kappa shape index (κ2) is 7.23. The number of nitrogens with one attached hydrogen (secondary N) is 1. The first-order valence-electron chi connectivity index (χ1n) is 7.92. The second-order valence-electron chi connectivity index (χ2n) is 5.78. The Kier molecular flexibility index (Phi) is 4.87. The van der Waals surface area contributed by atoms with E-state index in [0.717, 1.165) is 31.9 Å². The molecule has 0 radical (unpaired) electrons. The van der Waals surface area contributed by atoms with E-state index in [1.165, 1.54) is 4.90 Å². The number of nitriles is 1. The van der Waals surface area contributed by atoms with Crippen LogP contribution < -0.4 is 19.3 Å². The molecule has 1 aliphatic rings. The van der Waals surface area contributed by atoms with Crippen LogP contribution in [0.1, 0.15) is 11.6 Å². The van der Waals surface area contributed by atoms with E-state index in [0.29, 0.717) is 23.2 Å². The number of nitrogens with zero attached hydrogens (tertiary/aromatic N) is 3. The van der Waals surface area contributed by atoms with E-state index in [9.17, 15) is 5.26 Å². The Labute approximate surface area is 141 Å². The molecule has 0 spiro atoms. The first-order valence-corrected chi connectivity index (χ1v) is 7.92. The van der Waals surface area contributed by atoms with E-state index < -0.39 is 0 Å². The molecule has 126 valence electrons. The van der Waals surface area contributed by atoms with Crippen molar-refractivity contribution in [2.75, 3.05) is 45.2 Å². The zero-order valence-corrected chi connectivity index (χ0v) is 13.9. The Balaban J connectivity index is 1.67. The molecule has 0 amide bonds. The number of ether oxygens (including phenoxy) is 2. The van der Waals surface area contributed by atoms with Gasteiger partial charge in [-0.3, -0.25) is 0 Å². The highest BCUT2D eigenvalue weighted by molar-refractivity contribution is 5.48. The smallest absolute Gasteiger partial charge is 0.236 e. The number of rotatable bonds is 5. The minimum Gasteiger partial charge on any atom is -0.497 e. The Morgan fingerprint density at radius 2 is 1.92 bits per heavy atom. The van der Waals surface area contributed by atoms with Crippen molar-refractivity contribution >= 4 is 5.88 Å². The first kappa shape index (κ1) is 16.1. The highest BCUT2D eigenvalue weighted by atomic mass is 16.5. The third-order valence-corrected chi connectivity index (χ3v) is 4.09. The van der Waals surface area contributed by atoms with Crippen LogP contribution >= 0.6 is 0 Å². The molecule has 7 nitrogen and oxygen atoms in total. The van der Waals surface area contributed by atoms with Crippen LogP contribution in [-0.4, -0.2) is 45.3 Å². The van der Waals surface area contributed by atoms with E-state index in [-0.39, 0.29) is 6.61 Å². The van der Waals surface area contributed by atoms with Crippen LogP contribution in [0.5, 0.6) is 11.5 Å². The number of likely N-dealkylation sites (N-methyl/N-ethyl adjacent to an activating group) is 1. The van der Waals surface area contributed by atoms with Crippen LogP contribution in [0.4, 0.5) is 5.88 Å². The normalized spacial score (nSPS) is 15.1. The number of hydrogen-bond donors (Lipinski definition) is 1. The quantitative estimate of drug-likeness (QED) is 0.859. The summed E-state index contributed by atoms with van der Waals surface area (Å²) >= 11 is 0. The molecule has 0 saturated carbocycles. The number of aromatic nitrogens is 1. The average Bonchev–Trinajstić information content (AvgIpc) is 3.04. The zero-order chi connectivity index (χ0) is 16.9. The van der Waals surface area contributed by atoms with Gasteiger partial charge in [0.1, 0.15) is 17.6 Å². The standard InChI is InChI=1S/C17H20N4O3/c1-20-7-9-21(10-8-20)17-15(11-18)19-16(24-17)12-23-14-5-3-13(22-2)4-6-14/h3-6H,7-10,12H2,1-2H3/p+1. The van der Waals surface area contributed by atoms with Gasteiger partial charge in [0.25, 0.3) is 0 Å². The molecule has 0 aliphatic carbocycles. The van der Waals surface area contributed by atoms with Crippen LogP contribution in [0.25, 0.3) is 0 Å². The molecule has 1 aromatic heterocycles. The van der Waals surface area contributed by atoms with Gasteiger partial charge in [0.15, 0.2) is 6.61 Å². The highest BCUT2D eigenvalue weighted by Crippen LogP contribution is 2.23. The number of quaternary nitrogens is 1. The molecule has 7 heteroatoms. The van der Waals surface area contributed by atoms with Crippen LogP contribution in [0.15, 0.2) is 28.7 Å². The first-order chi connectivity index (χ1) is 11.7. The average molecular weight is 329 g/mol. The van der Waals surface area contributed by atoms with Gasteiger partial charge in [-0.2, -0.15) is 10.2 Å². The van der Waals surface area contributed by atoms with Crippen molar-refractivity contribution in [2.45, 2.75) is 6.61 Å². The number of anilines is 1. The van der Waals surface area contributed by atoms with Gasteiger partial charge in [-0.25, -0.2) is 0 Å². The summed E-state index contributed by atoms with van der Waals surface area (Å²) in [6.07, 6.45) is 0. The van der Waals surface area contributed by atoms with Crippen LogP contribution in [0.3, 0.4) is 0 Å². The summed E-state index contributed by atoms with van der Waals surface area (Å²) in [5.41, 5.74) is 0.322. The molecule has 0 atom stereocenters. The fourth-order valence-electron chi connectivity index (χ4n) is 2.61. The van der Waals surface area contributed by atoms with Crippen molar-refractivity contribution in [2.24, 2.45) is 0 Å². The summed E-state index contributed by atoms with van der Waals surface area (Å²) in [6, 6.07) is 9.39. The number of oxazole rings is 1. The molecule has 24 heavy (non-hydrogen) atoms. The molecule has 0 bridgehead atoms. The maximum atomic E-state index is 9.30. The van der Waals surface area contributed by atoms with Gasteiger partial charge < -0.3 is 23.7 Å². The predicted octanol–water partition coefficient (Wildman–Crippen LogP) is 0.469. The number of benzene rings is 1. The van der Waals surface area contributed by atoms with Crippen LogP contribution in [-0.2, 0) is 6.61 Å². The Morgan fingerprint density at radius 1 is 1.25 bits per heavy atom. The van der Waals surface area contributed by atoms with Crippen molar-refractivity contribution in [1.29, 1.82) is 5.26 Å². The number of piperazine rings is 1. The SMILES string of the molecule is COc1ccc(OCc2nc(C#N)c(N3CC[NH+](C)CC3)o2)cc1. The molecule has 3 rings (SSSR count). The summed E-state index contributed by atoms with van der Waals surface area (Å²) < 4.78 is 16.6. The van der Waals surface area contributed by atoms with Gasteiger partial charge >= 0.3 is 0 Å². The second-order valence-corrected chi connectivity index (χ2v) is 5.78. The van der Waals surface area contributed by atoms with Gasteiger partial charge in [0.05, 0.1) is 40.3 Å². The molecule has 1 saturated heterocycles. The minimum atomic E-state index is 0.181. The summed E-state index contributed by atoms with van der Waals surface area (Å²) in [5, 5.41) is 9.30. The molecule has 1 N–H and O–H groups in total. The van der Waals surface area contributed by atoms with Crippen molar-refractivity contribution in [3.8, 4) is 17.6 Å². The lowest BCUT2D eigenvalue weighted by Gasteiger charge is -2.29. The lowest BCUT2D eigenvalue weighted by molar-refractivity contribution is -0.880. The third kappa shape index (κ3) is 3.60. The lowest BCUT2D eigenvalue weighted by atomic mass is 10.3. The molecule has 0 unspecified atom stereocenters. The maximum Gasteiger partial charge on any atom is 0.236 e.